The maximum atomic E-state index is 11.9. The molecule has 0 aromatic carbocycles. The molecule has 0 spiro atoms. The van der Waals surface area contributed by atoms with Gasteiger partial charge in [-0.1, -0.05) is 5.16 Å². The summed E-state index contributed by atoms with van der Waals surface area (Å²) >= 11 is 0. The van der Waals surface area contributed by atoms with Crippen molar-refractivity contribution in [2.45, 2.75) is 32.9 Å². The normalized spacial score (nSPS) is 19.0. The monoisotopic (exact) mass is 289 g/mol. The van der Waals surface area contributed by atoms with E-state index in [-0.39, 0.29) is 11.9 Å². The molecule has 3 heterocycles. The fourth-order valence-corrected chi connectivity index (χ4v) is 2.71. The van der Waals surface area contributed by atoms with Gasteiger partial charge in [0.1, 0.15) is 5.76 Å². The SMILES string of the molecule is Cc1noc(C)c1CN1CC[C@@H](NC(=O)c2ccco2)C1. The molecule has 0 radical (unpaired) electrons. The summed E-state index contributed by atoms with van der Waals surface area (Å²) in [7, 11) is 0. The molecule has 3 rings (SSSR count). The van der Waals surface area contributed by atoms with E-state index < -0.39 is 0 Å². The van der Waals surface area contributed by atoms with Gasteiger partial charge in [0.05, 0.1) is 12.0 Å². The highest BCUT2D eigenvalue weighted by Crippen LogP contribution is 2.19. The molecule has 1 amide bonds. The van der Waals surface area contributed by atoms with Crippen molar-refractivity contribution >= 4 is 5.91 Å². The number of likely N-dealkylation sites (tertiary alicyclic amines) is 1. The number of hydrogen-bond acceptors (Lipinski definition) is 5. The molecule has 1 saturated heterocycles. The van der Waals surface area contributed by atoms with Crippen molar-refractivity contribution in [3.8, 4) is 0 Å². The van der Waals surface area contributed by atoms with E-state index in [1.807, 2.05) is 13.8 Å². The van der Waals surface area contributed by atoms with Crippen LogP contribution in [0.3, 0.4) is 0 Å². The van der Waals surface area contributed by atoms with Crippen molar-refractivity contribution in [2.75, 3.05) is 13.1 Å². The molecule has 2 aromatic heterocycles. The van der Waals surface area contributed by atoms with Gasteiger partial charge in [0, 0.05) is 31.2 Å². The van der Waals surface area contributed by atoms with Crippen molar-refractivity contribution < 1.29 is 13.7 Å². The van der Waals surface area contributed by atoms with Crippen LogP contribution in [0.25, 0.3) is 0 Å². The number of furan rings is 1. The zero-order chi connectivity index (χ0) is 14.8. The molecule has 0 unspecified atom stereocenters. The van der Waals surface area contributed by atoms with Crippen molar-refractivity contribution in [1.29, 1.82) is 0 Å². The molecule has 1 atom stereocenters. The van der Waals surface area contributed by atoms with E-state index in [4.69, 9.17) is 8.94 Å². The highest BCUT2D eigenvalue weighted by molar-refractivity contribution is 5.91. The average Bonchev–Trinajstić information content (AvgIpc) is 3.17. The van der Waals surface area contributed by atoms with E-state index in [0.717, 1.165) is 43.1 Å². The summed E-state index contributed by atoms with van der Waals surface area (Å²) in [4.78, 5) is 14.3. The Bertz CT molecular complexity index is 599. The van der Waals surface area contributed by atoms with Gasteiger partial charge in [-0.15, -0.1) is 0 Å². The third kappa shape index (κ3) is 3.00. The molecule has 0 saturated carbocycles. The summed E-state index contributed by atoms with van der Waals surface area (Å²) in [6, 6.07) is 3.54. The van der Waals surface area contributed by atoms with Crippen LogP contribution in [0.2, 0.25) is 0 Å². The number of carbonyl (C=O) groups is 1. The fraction of sp³-hybridized carbons (Fsp3) is 0.467. The highest BCUT2D eigenvalue weighted by atomic mass is 16.5. The van der Waals surface area contributed by atoms with Crippen LogP contribution in [-0.2, 0) is 6.54 Å². The zero-order valence-electron chi connectivity index (χ0n) is 12.3. The van der Waals surface area contributed by atoms with Crippen LogP contribution in [0, 0.1) is 13.8 Å². The quantitative estimate of drug-likeness (QED) is 0.930. The number of aryl methyl sites for hydroxylation is 2. The van der Waals surface area contributed by atoms with E-state index in [1.54, 1.807) is 12.1 Å². The molecule has 0 bridgehead atoms. The first-order chi connectivity index (χ1) is 10.1. The minimum atomic E-state index is -0.149. The Morgan fingerprint density at radius 3 is 3.05 bits per heavy atom. The summed E-state index contributed by atoms with van der Waals surface area (Å²) in [5.41, 5.74) is 2.09. The lowest BCUT2D eigenvalue weighted by atomic mass is 10.2. The van der Waals surface area contributed by atoms with E-state index in [2.05, 4.69) is 15.4 Å². The van der Waals surface area contributed by atoms with E-state index in [1.165, 1.54) is 6.26 Å². The molecule has 112 valence electrons. The number of aromatic nitrogens is 1. The van der Waals surface area contributed by atoms with Crippen LogP contribution < -0.4 is 5.32 Å². The Kier molecular flexibility index (Phi) is 3.79. The minimum absolute atomic E-state index is 0.149. The smallest absolute Gasteiger partial charge is 0.287 e. The first-order valence-electron chi connectivity index (χ1n) is 7.12. The summed E-state index contributed by atoms with van der Waals surface area (Å²) in [6.45, 7) is 6.48. The van der Waals surface area contributed by atoms with Gasteiger partial charge in [-0.05, 0) is 32.4 Å². The zero-order valence-corrected chi connectivity index (χ0v) is 12.3. The van der Waals surface area contributed by atoms with Crippen molar-refractivity contribution in [3.63, 3.8) is 0 Å². The Labute approximate surface area is 123 Å². The van der Waals surface area contributed by atoms with E-state index in [9.17, 15) is 4.79 Å². The van der Waals surface area contributed by atoms with Crippen LogP contribution in [0.1, 0.15) is 34.0 Å². The maximum Gasteiger partial charge on any atom is 0.287 e. The second kappa shape index (κ2) is 5.73. The lowest BCUT2D eigenvalue weighted by Gasteiger charge is -2.16. The number of carbonyl (C=O) groups excluding carboxylic acids is 1. The third-order valence-corrected chi connectivity index (χ3v) is 3.92. The van der Waals surface area contributed by atoms with Crippen molar-refractivity contribution in [2.24, 2.45) is 0 Å². The Morgan fingerprint density at radius 1 is 1.52 bits per heavy atom. The van der Waals surface area contributed by atoms with Crippen LogP contribution in [0.4, 0.5) is 0 Å². The lowest BCUT2D eigenvalue weighted by molar-refractivity contribution is 0.0909. The Hall–Kier alpha value is -2.08. The Balaban J connectivity index is 1.55. The van der Waals surface area contributed by atoms with E-state index >= 15 is 0 Å². The summed E-state index contributed by atoms with van der Waals surface area (Å²) in [5, 5.41) is 6.98. The van der Waals surface area contributed by atoms with Gasteiger partial charge in [-0.25, -0.2) is 0 Å². The molecule has 1 aliphatic heterocycles. The summed E-state index contributed by atoms with van der Waals surface area (Å²) < 4.78 is 10.3. The van der Waals surface area contributed by atoms with Crippen LogP contribution in [0.15, 0.2) is 27.3 Å². The molecule has 1 fully saturated rings. The highest BCUT2D eigenvalue weighted by Gasteiger charge is 2.26. The van der Waals surface area contributed by atoms with Gasteiger partial charge >= 0.3 is 0 Å². The second-order valence-electron chi connectivity index (χ2n) is 5.47. The van der Waals surface area contributed by atoms with Crippen LogP contribution in [0.5, 0.6) is 0 Å². The molecule has 6 nitrogen and oxygen atoms in total. The fourth-order valence-electron chi connectivity index (χ4n) is 2.71. The standard InChI is InChI=1S/C15H19N3O3/c1-10-13(11(2)21-17-10)9-18-6-5-12(8-18)16-15(19)14-4-3-7-20-14/h3-4,7,12H,5-6,8-9H2,1-2H3,(H,16,19)/t12-/m1/s1. The third-order valence-electron chi connectivity index (χ3n) is 3.92. The molecular formula is C15H19N3O3. The molecule has 6 heteroatoms. The molecule has 1 aliphatic rings. The van der Waals surface area contributed by atoms with Crippen molar-refractivity contribution in [3.05, 3.63) is 41.2 Å². The number of nitrogens with one attached hydrogen (secondary N) is 1. The van der Waals surface area contributed by atoms with Crippen LogP contribution in [-0.4, -0.2) is 35.1 Å². The second-order valence-corrected chi connectivity index (χ2v) is 5.47. The van der Waals surface area contributed by atoms with E-state index in [0.29, 0.717) is 5.76 Å². The molecule has 1 N–H and O–H groups in total. The molecule has 21 heavy (non-hydrogen) atoms. The first-order valence-corrected chi connectivity index (χ1v) is 7.12. The molecule has 0 aliphatic carbocycles. The first kappa shape index (κ1) is 13.9. The van der Waals surface area contributed by atoms with Gasteiger partial charge in [-0.3, -0.25) is 9.69 Å². The van der Waals surface area contributed by atoms with Gasteiger partial charge in [0.15, 0.2) is 5.76 Å². The van der Waals surface area contributed by atoms with Gasteiger partial charge in [-0.2, -0.15) is 0 Å². The summed E-state index contributed by atoms with van der Waals surface area (Å²) in [6.07, 6.45) is 2.45. The Morgan fingerprint density at radius 2 is 2.38 bits per heavy atom. The number of amides is 1. The topological polar surface area (TPSA) is 71.5 Å². The maximum absolute atomic E-state index is 11.9. The number of rotatable bonds is 4. The predicted octanol–water partition coefficient (Wildman–Crippen LogP) is 1.89. The largest absolute Gasteiger partial charge is 0.459 e. The molecular weight excluding hydrogens is 270 g/mol. The number of nitrogens with zero attached hydrogens (tertiary/aromatic N) is 2. The minimum Gasteiger partial charge on any atom is -0.459 e. The van der Waals surface area contributed by atoms with Gasteiger partial charge < -0.3 is 14.3 Å². The van der Waals surface area contributed by atoms with Crippen molar-refractivity contribution in [1.82, 2.24) is 15.4 Å². The molecule has 2 aromatic rings. The summed E-state index contributed by atoms with van der Waals surface area (Å²) in [5.74, 6) is 1.08. The number of hydrogen-bond donors (Lipinski definition) is 1. The van der Waals surface area contributed by atoms with Gasteiger partial charge in [0.25, 0.3) is 5.91 Å². The van der Waals surface area contributed by atoms with Crippen LogP contribution >= 0.6 is 0 Å². The lowest BCUT2D eigenvalue weighted by Crippen LogP contribution is -2.36. The average molecular weight is 289 g/mol. The van der Waals surface area contributed by atoms with Gasteiger partial charge in [0.2, 0.25) is 0 Å². The predicted molar refractivity (Wildman–Crippen MR) is 75.8 cm³/mol.